The Morgan fingerprint density at radius 3 is 2.81 bits per heavy atom. The first-order valence-corrected chi connectivity index (χ1v) is 5.17. The minimum Gasteiger partial charge on any atom is -0.454 e. The quantitative estimate of drug-likeness (QED) is 0.810. The lowest BCUT2D eigenvalue weighted by Gasteiger charge is -2.08. The third-order valence-electron chi connectivity index (χ3n) is 2.08. The molecule has 82 valence electrons. The van der Waals surface area contributed by atoms with Crippen LogP contribution in [0.3, 0.4) is 0 Å². The van der Waals surface area contributed by atoms with E-state index >= 15 is 0 Å². The maximum absolute atomic E-state index is 5.81. The van der Waals surface area contributed by atoms with Crippen molar-refractivity contribution in [2.24, 2.45) is 0 Å². The van der Waals surface area contributed by atoms with Gasteiger partial charge < -0.3 is 10.5 Å². The maximum Gasteiger partial charge on any atom is 0.150 e. The van der Waals surface area contributed by atoms with Crippen molar-refractivity contribution in [1.29, 1.82) is 0 Å². The van der Waals surface area contributed by atoms with Crippen molar-refractivity contribution in [3.8, 4) is 11.5 Å². The van der Waals surface area contributed by atoms with Crippen LogP contribution in [0.5, 0.6) is 11.5 Å². The number of hydrogen-bond acceptors (Lipinski definition) is 3. The van der Waals surface area contributed by atoms with Gasteiger partial charge in [-0.25, -0.2) is 0 Å². The van der Waals surface area contributed by atoms with Gasteiger partial charge in [0.25, 0.3) is 0 Å². The van der Waals surface area contributed by atoms with Crippen LogP contribution >= 0.6 is 11.6 Å². The van der Waals surface area contributed by atoms with Crippen molar-refractivity contribution in [2.45, 2.75) is 6.92 Å². The molecule has 0 aliphatic heterocycles. The Bertz CT molecular complexity index is 514. The van der Waals surface area contributed by atoms with Crippen molar-refractivity contribution in [3.63, 3.8) is 0 Å². The third-order valence-corrected chi connectivity index (χ3v) is 2.28. The SMILES string of the molecule is Cc1ccc(N)c(Oc2cncc(Cl)c2)c1. The number of pyridine rings is 1. The topological polar surface area (TPSA) is 48.1 Å². The minimum absolute atomic E-state index is 0.531. The second-order valence-electron chi connectivity index (χ2n) is 3.48. The molecule has 0 aliphatic carbocycles. The number of benzene rings is 1. The van der Waals surface area contributed by atoms with Crippen LogP contribution in [-0.2, 0) is 0 Å². The standard InChI is InChI=1S/C12H11ClN2O/c1-8-2-3-11(14)12(4-8)16-10-5-9(13)6-15-7-10/h2-7H,14H2,1H3. The van der Waals surface area contributed by atoms with Gasteiger partial charge in [0.15, 0.2) is 5.75 Å². The van der Waals surface area contributed by atoms with Crippen LogP contribution in [0.1, 0.15) is 5.56 Å². The van der Waals surface area contributed by atoms with Gasteiger partial charge in [0.05, 0.1) is 16.9 Å². The summed E-state index contributed by atoms with van der Waals surface area (Å²) in [5.74, 6) is 1.19. The molecule has 0 saturated heterocycles. The number of rotatable bonds is 2. The molecule has 0 radical (unpaired) electrons. The molecule has 1 aromatic carbocycles. The lowest BCUT2D eigenvalue weighted by Crippen LogP contribution is -1.92. The molecule has 0 saturated carbocycles. The molecule has 0 spiro atoms. The van der Waals surface area contributed by atoms with E-state index in [9.17, 15) is 0 Å². The first-order valence-electron chi connectivity index (χ1n) is 4.80. The van der Waals surface area contributed by atoms with E-state index in [0.717, 1.165) is 5.56 Å². The first-order chi connectivity index (χ1) is 7.65. The summed E-state index contributed by atoms with van der Waals surface area (Å²) in [7, 11) is 0. The largest absolute Gasteiger partial charge is 0.454 e. The van der Waals surface area contributed by atoms with Crippen LogP contribution < -0.4 is 10.5 Å². The number of nitrogens with two attached hydrogens (primary N) is 1. The number of aryl methyl sites for hydroxylation is 1. The Labute approximate surface area is 98.8 Å². The van der Waals surface area contributed by atoms with E-state index in [1.807, 2.05) is 25.1 Å². The van der Waals surface area contributed by atoms with Gasteiger partial charge in [-0.2, -0.15) is 0 Å². The van der Waals surface area contributed by atoms with Crippen molar-refractivity contribution < 1.29 is 4.74 Å². The Hall–Kier alpha value is -1.74. The number of anilines is 1. The summed E-state index contributed by atoms with van der Waals surface area (Å²) in [6, 6.07) is 7.30. The predicted molar refractivity (Wildman–Crippen MR) is 64.9 cm³/mol. The number of nitrogens with zero attached hydrogens (tertiary/aromatic N) is 1. The van der Waals surface area contributed by atoms with E-state index in [4.69, 9.17) is 22.1 Å². The lowest BCUT2D eigenvalue weighted by atomic mass is 10.2. The van der Waals surface area contributed by atoms with Crippen LogP contribution in [0.15, 0.2) is 36.7 Å². The third kappa shape index (κ3) is 2.44. The average molecular weight is 235 g/mol. The summed E-state index contributed by atoms with van der Waals surface area (Å²) in [5, 5.41) is 0.531. The second-order valence-corrected chi connectivity index (χ2v) is 3.92. The van der Waals surface area contributed by atoms with Gasteiger partial charge in [0.2, 0.25) is 0 Å². The summed E-state index contributed by atoms with van der Waals surface area (Å²) in [6.45, 7) is 1.97. The number of nitrogen functional groups attached to an aromatic ring is 1. The van der Waals surface area contributed by atoms with Crippen molar-refractivity contribution >= 4 is 17.3 Å². The van der Waals surface area contributed by atoms with Crippen LogP contribution in [0.4, 0.5) is 5.69 Å². The van der Waals surface area contributed by atoms with Crippen molar-refractivity contribution in [2.75, 3.05) is 5.73 Å². The number of halogens is 1. The van der Waals surface area contributed by atoms with Gasteiger partial charge in [-0.3, -0.25) is 4.98 Å². The molecule has 3 nitrogen and oxygen atoms in total. The van der Waals surface area contributed by atoms with Gasteiger partial charge in [0, 0.05) is 12.3 Å². The molecule has 2 aromatic rings. The van der Waals surface area contributed by atoms with Gasteiger partial charge >= 0.3 is 0 Å². The second kappa shape index (κ2) is 4.41. The zero-order chi connectivity index (χ0) is 11.5. The zero-order valence-corrected chi connectivity index (χ0v) is 9.53. The van der Waals surface area contributed by atoms with Crippen LogP contribution in [0.2, 0.25) is 5.02 Å². The van der Waals surface area contributed by atoms with Gasteiger partial charge in [-0.15, -0.1) is 0 Å². The normalized spacial score (nSPS) is 10.1. The highest BCUT2D eigenvalue weighted by atomic mass is 35.5. The lowest BCUT2D eigenvalue weighted by molar-refractivity contribution is 0.482. The molecule has 2 rings (SSSR count). The monoisotopic (exact) mass is 234 g/mol. The Balaban J connectivity index is 2.30. The molecular weight excluding hydrogens is 224 g/mol. The summed E-state index contributed by atoms with van der Waals surface area (Å²) < 4.78 is 5.60. The predicted octanol–water partition coefficient (Wildman–Crippen LogP) is 3.42. The van der Waals surface area contributed by atoms with E-state index in [2.05, 4.69) is 4.98 Å². The Morgan fingerprint density at radius 1 is 1.25 bits per heavy atom. The van der Waals surface area contributed by atoms with Gasteiger partial charge in [-0.1, -0.05) is 17.7 Å². The molecule has 16 heavy (non-hydrogen) atoms. The first kappa shape index (κ1) is 10.8. The van der Waals surface area contributed by atoms with E-state index in [-0.39, 0.29) is 0 Å². The molecule has 0 bridgehead atoms. The summed E-state index contributed by atoms with van der Waals surface area (Å²) in [5.41, 5.74) is 7.47. The molecule has 0 unspecified atom stereocenters. The van der Waals surface area contributed by atoms with E-state index < -0.39 is 0 Å². The van der Waals surface area contributed by atoms with Gasteiger partial charge in [0.1, 0.15) is 5.75 Å². The fourth-order valence-corrected chi connectivity index (χ4v) is 1.47. The van der Waals surface area contributed by atoms with Crippen LogP contribution in [0, 0.1) is 6.92 Å². The summed E-state index contributed by atoms with van der Waals surface area (Å²) >= 11 is 5.81. The van der Waals surface area contributed by atoms with Crippen LogP contribution in [0.25, 0.3) is 0 Å². The van der Waals surface area contributed by atoms with E-state index in [0.29, 0.717) is 22.2 Å². The summed E-state index contributed by atoms with van der Waals surface area (Å²) in [4.78, 5) is 3.93. The molecule has 0 atom stereocenters. The van der Waals surface area contributed by atoms with Crippen molar-refractivity contribution in [3.05, 3.63) is 47.2 Å². The highest BCUT2D eigenvalue weighted by molar-refractivity contribution is 6.30. The highest BCUT2D eigenvalue weighted by Gasteiger charge is 2.03. The highest BCUT2D eigenvalue weighted by Crippen LogP contribution is 2.28. The molecule has 1 aromatic heterocycles. The number of aromatic nitrogens is 1. The minimum atomic E-state index is 0.531. The van der Waals surface area contributed by atoms with E-state index in [1.165, 1.54) is 0 Å². The molecule has 0 amide bonds. The Kier molecular flexibility index (Phi) is 2.97. The molecule has 4 heteroatoms. The van der Waals surface area contributed by atoms with Gasteiger partial charge in [-0.05, 0) is 24.6 Å². The molecule has 1 heterocycles. The summed E-state index contributed by atoms with van der Waals surface area (Å²) in [6.07, 6.45) is 3.14. The molecule has 2 N–H and O–H groups in total. The Morgan fingerprint density at radius 2 is 2.06 bits per heavy atom. The molecule has 0 aliphatic rings. The fourth-order valence-electron chi connectivity index (χ4n) is 1.31. The van der Waals surface area contributed by atoms with Crippen molar-refractivity contribution in [1.82, 2.24) is 4.98 Å². The number of ether oxygens (including phenoxy) is 1. The average Bonchev–Trinajstić information content (AvgIpc) is 2.24. The zero-order valence-electron chi connectivity index (χ0n) is 8.77. The fraction of sp³-hybridized carbons (Fsp3) is 0.0833. The van der Waals surface area contributed by atoms with E-state index in [1.54, 1.807) is 18.5 Å². The van der Waals surface area contributed by atoms with Crippen LogP contribution in [-0.4, -0.2) is 4.98 Å². The smallest absolute Gasteiger partial charge is 0.150 e. The number of hydrogen-bond donors (Lipinski definition) is 1. The molecule has 0 fully saturated rings. The maximum atomic E-state index is 5.81. The molecular formula is C12H11ClN2O.